The van der Waals surface area contributed by atoms with Crippen LogP contribution in [0.4, 0.5) is 10.5 Å². The highest BCUT2D eigenvalue weighted by Crippen LogP contribution is 2.23. The fraction of sp³-hybridized carbons (Fsp3) is 0.590. The zero-order chi connectivity index (χ0) is 42.9. The lowest BCUT2D eigenvalue weighted by Crippen LogP contribution is -2.42. The number of hydrogen-bond donors (Lipinski definition) is 6. The molecule has 2 heterocycles. The summed E-state index contributed by atoms with van der Waals surface area (Å²) in [5.41, 5.74) is 6.31. The van der Waals surface area contributed by atoms with Crippen LogP contribution in [0.3, 0.4) is 0 Å². The third-order valence-corrected chi connectivity index (χ3v) is 8.84. The van der Waals surface area contributed by atoms with Crippen molar-refractivity contribution < 1.29 is 52.4 Å². The van der Waals surface area contributed by atoms with Crippen LogP contribution in [-0.2, 0) is 33.3 Å². The minimum atomic E-state index is -0.628. The number of thiazole rings is 1. The van der Waals surface area contributed by atoms with Crippen LogP contribution >= 0.6 is 11.3 Å². The van der Waals surface area contributed by atoms with Crippen molar-refractivity contribution in [3.63, 3.8) is 0 Å². The Morgan fingerprint density at radius 1 is 0.797 bits per heavy atom. The molecule has 1 unspecified atom stereocenters. The van der Waals surface area contributed by atoms with Crippen molar-refractivity contribution in [2.24, 2.45) is 5.73 Å². The molecule has 59 heavy (non-hydrogen) atoms. The second-order valence-corrected chi connectivity index (χ2v) is 14.9. The Morgan fingerprint density at radius 3 is 2.08 bits per heavy atom. The maximum Gasteiger partial charge on any atom is 0.407 e. The molecular formula is C39H60N8O11S. The van der Waals surface area contributed by atoms with Crippen LogP contribution in [0, 0.1) is 0 Å². The number of carbonyl (C=O) groups excluding carboxylic acids is 5. The molecule has 2 aromatic heterocycles. The van der Waals surface area contributed by atoms with Crippen molar-refractivity contribution in [3.05, 3.63) is 47.2 Å². The van der Waals surface area contributed by atoms with Gasteiger partial charge in [-0.15, -0.1) is 11.3 Å². The van der Waals surface area contributed by atoms with Crippen LogP contribution in [-0.4, -0.2) is 137 Å². The molecule has 1 atom stereocenters. The normalized spacial score (nSPS) is 11.8. The van der Waals surface area contributed by atoms with Gasteiger partial charge in [0, 0.05) is 56.1 Å². The van der Waals surface area contributed by atoms with E-state index in [9.17, 15) is 24.0 Å². The predicted octanol–water partition coefficient (Wildman–Crippen LogP) is 2.49. The van der Waals surface area contributed by atoms with Gasteiger partial charge in [-0.3, -0.25) is 23.6 Å². The molecule has 0 bridgehead atoms. The molecule has 0 spiro atoms. The third-order valence-electron chi connectivity index (χ3n) is 8.07. The van der Waals surface area contributed by atoms with E-state index in [1.165, 1.54) is 24.5 Å². The number of alkyl carbamates (subject to hydrolysis) is 1. The molecule has 7 N–H and O–H groups in total. The first-order valence-electron chi connectivity index (χ1n) is 19.6. The molecule has 3 rings (SSSR count). The molecule has 3 aromatic rings. The highest BCUT2D eigenvalue weighted by molar-refractivity contribution is 7.15. The average molecular weight is 849 g/mol. The van der Waals surface area contributed by atoms with Crippen LogP contribution in [0.5, 0.6) is 5.75 Å². The molecule has 0 fully saturated rings. The first-order valence-corrected chi connectivity index (χ1v) is 20.5. The molecule has 5 amide bonds. The number of anilines is 1. The number of unbranched alkanes of at least 4 members (excludes halogenated alkanes) is 1. The quantitative estimate of drug-likeness (QED) is 0.0551. The van der Waals surface area contributed by atoms with Crippen LogP contribution in [0.1, 0.15) is 73.7 Å². The summed E-state index contributed by atoms with van der Waals surface area (Å²) in [7, 11) is 1.45. The summed E-state index contributed by atoms with van der Waals surface area (Å²) >= 11 is 1.42. The summed E-state index contributed by atoms with van der Waals surface area (Å²) in [6, 6.07) is 4.14. The minimum absolute atomic E-state index is 0.162. The number of nitrogens with zero attached hydrogens (tertiary/aromatic N) is 2. The summed E-state index contributed by atoms with van der Waals surface area (Å²) in [6.07, 6.45) is 5.51. The topological polar surface area (TPSA) is 244 Å². The maximum atomic E-state index is 12.9. The van der Waals surface area contributed by atoms with E-state index in [4.69, 9.17) is 34.2 Å². The molecule has 0 aliphatic heterocycles. The molecule has 328 valence electrons. The van der Waals surface area contributed by atoms with Crippen molar-refractivity contribution in [3.8, 4) is 5.75 Å². The van der Waals surface area contributed by atoms with E-state index >= 15 is 0 Å². The fourth-order valence-electron chi connectivity index (χ4n) is 5.16. The lowest BCUT2D eigenvalue weighted by Gasteiger charge is -2.19. The zero-order valence-electron chi connectivity index (χ0n) is 34.4. The Balaban J connectivity index is 1.09. The Hall–Kier alpha value is -4.86. The van der Waals surface area contributed by atoms with Crippen molar-refractivity contribution in [2.75, 3.05) is 91.5 Å². The summed E-state index contributed by atoms with van der Waals surface area (Å²) in [5.74, 6) is -0.861. The van der Waals surface area contributed by atoms with Gasteiger partial charge in [-0.2, -0.15) is 0 Å². The first-order chi connectivity index (χ1) is 28.4. The number of amides is 5. The monoisotopic (exact) mass is 848 g/mol. The number of nitrogens with two attached hydrogens (primary N) is 1. The van der Waals surface area contributed by atoms with Crippen molar-refractivity contribution in [1.82, 2.24) is 30.7 Å². The number of rotatable bonds is 29. The van der Waals surface area contributed by atoms with Crippen LogP contribution in [0.25, 0.3) is 4.96 Å². The second kappa shape index (κ2) is 27.0. The van der Waals surface area contributed by atoms with E-state index in [1.807, 2.05) is 11.6 Å². The Kier molecular flexibility index (Phi) is 22.2. The molecule has 0 radical (unpaired) electrons. The highest BCUT2D eigenvalue weighted by atomic mass is 32.1. The molecule has 1 aromatic carbocycles. The van der Waals surface area contributed by atoms with Crippen molar-refractivity contribution in [2.45, 2.75) is 64.5 Å². The molecular weight excluding hydrogens is 789 g/mol. The van der Waals surface area contributed by atoms with Gasteiger partial charge in [0.05, 0.1) is 71.6 Å². The predicted molar refractivity (Wildman–Crippen MR) is 221 cm³/mol. The van der Waals surface area contributed by atoms with Gasteiger partial charge >= 0.3 is 6.09 Å². The van der Waals surface area contributed by atoms with E-state index in [1.54, 1.807) is 43.5 Å². The number of benzene rings is 1. The summed E-state index contributed by atoms with van der Waals surface area (Å²) in [5, 5.41) is 15.6. The zero-order valence-corrected chi connectivity index (χ0v) is 35.2. The van der Waals surface area contributed by atoms with Crippen molar-refractivity contribution in [1.29, 1.82) is 0 Å². The van der Waals surface area contributed by atoms with Gasteiger partial charge in [-0.25, -0.2) is 9.78 Å². The average Bonchev–Trinajstić information content (AvgIpc) is 3.82. The molecule has 19 nitrogen and oxygen atoms in total. The first kappa shape index (κ1) is 48.5. The van der Waals surface area contributed by atoms with E-state index < -0.39 is 29.6 Å². The summed E-state index contributed by atoms with van der Waals surface area (Å²) in [6.45, 7) is 9.73. The van der Waals surface area contributed by atoms with E-state index in [0.717, 1.165) is 0 Å². The molecule has 20 heteroatoms. The Labute approximate surface area is 348 Å². The lowest BCUT2D eigenvalue weighted by atomic mass is 10.1. The number of fused-ring (bicyclic) bond motifs is 1. The Morgan fingerprint density at radius 2 is 1.44 bits per heavy atom. The summed E-state index contributed by atoms with van der Waals surface area (Å²) in [4.78, 5) is 66.6. The van der Waals surface area contributed by atoms with Gasteiger partial charge in [-0.05, 0) is 64.7 Å². The van der Waals surface area contributed by atoms with Crippen LogP contribution < -0.4 is 37.1 Å². The van der Waals surface area contributed by atoms with Gasteiger partial charge in [0.1, 0.15) is 17.0 Å². The number of imidazole rings is 1. The van der Waals surface area contributed by atoms with Gasteiger partial charge in [0.2, 0.25) is 11.8 Å². The fourth-order valence-corrected chi connectivity index (χ4v) is 5.86. The van der Waals surface area contributed by atoms with Gasteiger partial charge in [0.15, 0.2) is 4.96 Å². The highest BCUT2D eigenvalue weighted by Gasteiger charge is 2.18. The van der Waals surface area contributed by atoms with Crippen LogP contribution in [0.2, 0.25) is 0 Å². The molecule has 0 saturated carbocycles. The lowest BCUT2D eigenvalue weighted by molar-refractivity contribution is -0.123. The molecule has 0 aliphatic carbocycles. The number of aromatic nitrogens is 2. The number of carbonyl (C=O) groups is 5. The van der Waals surface area contributed by atoms with E-state index in [0.29, 0.717) is 115 Å². The third kappa shape index (κ3) is 20.1. The van der Waals surface area contributed by atoms with Gasteiger partial charge in [0.25, 0.3) is 11.8 Å². The number of hydrogen-bond acceptors (Lipinski definition) is 14. The number of methoxy groups -OCH3 is 1. The van der Waals surface area contributed by atoms with Gasteiger partial charge < -0.3 is 60.7 Å². The number of ether oxygens (including phenoxy) is 6. The summed E-state index contributed by atoms with van der Waals surface area (Å²) < 4.78 is 34.2. The maximum absolute atomic E-state index is 12.9. The minimum Gasteiger partial charge on any atom is -0.496 e. The van der Waals surface area contributed by atoms with Crippen LogP contribution in [0.15, 0.2) is 36.0 Å². The number of nitrogens with one attached hydrogen (secondary N) is 5. The standard InChI is InChI=1S/C39H60N8O11S/c1-39(2,3)58-38(52)44-12-6-5-8-30(40)35(50)43-15-18-55-20-22-57-24-23-56-21-19-54-17-14-41-33(48)9-7-13-42-34(49)29-26-28(10-11-32(29)53-4)45-36(51)31-27-47-16-25-59-37(47)46-31/h10-11,16,25-27,30H,5-9,12-15,17-24,40H2,1-4H3,(H,41,48)(H,42,49)(H,43,50)(H,44,52)(H,45,51). The Bertz CT molecular complexity index is 1720. The molecule has 0 saturated heterocycles. The van der Waals surface area contributed by atoms with E-state index in [2.05, 4.69) is 31.6 Å². The van der Waals surface area contributed by atoms with E-state index in [-0.39, 0.29) is 36.0 Å². The second-order valence-electron chi connectivity index (χ2n) is 14.1. The smallest absolute Gasteiger partial charge is 0.407 e. The SMILES string of the molecule is COc1ccc(NC(=O)c2cn3ccsc3n2)cc1C(=O)NCCCC(=O)NCCOCCOCCOCCOCCNC(=O)C(N)CCCCNC(=O)OC(C)(C)C. The largest absolute Gasteiger partial charge is 0.496 e. The van der Waals surface area contributed by atoms with Gasteiger partial charge in [-0.1, -0.05) is 0 Å². The van der Waals surface area contributed by atoms with Crippen molar-refractivity contribution >= 4 is 51.7 Å². The molecule has 0 aliphatic rings.